The van der Waals surface area contributed by atoms with Crippen molar-refractivity contribution in [2.75, 3.05) is 11.1 Å². The number of hydrogen-bond acceptors (Lipinski definition) is 15. The Hall–Kier alpha value is -8.35. The van der Waals surface area contributed by atoms with E-state index in [0.717, 1.165) is 29.1 Å². The number of β-lactam (4-membered cyclic amide) rings is 1. The maximum absolute atomic E-state index is 14.8. The number of fused-ring (bicyclic) bond motifs is 1. The molecule has 0 spiro atoms. The standard InChI is InChI=1S/C57H53N7O9S2/c1-55(2,3)72-53(70)56(4,5)73-62-45(42-35-75-54(59-42)61-57(39-25-15-8-16-26-39,40-27-17-9-18-28-40)41-29-19-10-20-30-41)49(67)60-46-50(68)64-47(38(34-74-51(46)64)32-63-33-44(66)43(65)31-58-63)52(69)71-48(36-21-11-6-12-22-36)37-23-13-7-14-24-37/h6-31,33,35,46,48,51,66H,32,34H2,1-5H3,(H,59,61)(H,60,67)/b62-45-. The summed E-state index contributed by atoms with van der Waals surface area (Å²) in [5.41, 5.74) is -0.0480. The predicted octanol–water partition coefficient (Wildman–Crippen LogP) is 8.34. The molecule has 2 aliphatic heterocycles. The topological polar surface area (TPSA) is 204 Å². The number of amides is 2. The fourth-order valence-corrected chi connectivity index (χ4v) is 10.7. The van der Waals surface area contributed by atoms with Crippen LogP contribution >= 0.6 is 23.1 Å². The number of thioether (sulfide) groups is 1. The van der Waals surface area contributed by atoms with Gasteiger partial charge in [0.2, 0.25) is 11.0 Å². The molecule has 3 N–H and O–H groups in total. The van der Waals surface area contributed by atoms with Gasteiger partial charge < -0.3 is 30.1 Å². The van der Waals surface area contributed by atoms with Crippen LogP contribution in [0.25, 0.3) is 0 Å². The van der Waals surface area contributed by atoms with Crippen LogP contribution in [0.3, 0.4) is 0 Å². The van der Waals surface area contributed by atoms with E-state index in [9.17, 15) is 29.1 Å². The Labute approximate surface area is 441 Å². The summed E-state index contributed by atoms with van der Waals surface area (Å²) in [4.78, 5) is 81.8. The molecule has 2 aliphatic rings. The minimum atomic E-state index is -1.69. The number of oxime groups is 1. The number of aromatic nitrogens is 3. The highest BCUT2D eigenvalue weighted by molar-refractivity contribution is 8.00. The second-order valence-corrected chi connectivity index (χ2v) is 21.2. The number of nitrogens with zero attached hydrogens (tertiary/aromatic N) is 5. The summed E-state index contributed by atoms with van der Waals surface area (Å²) in [5.74, 6) is -3.44. The second-order valence-electron chi connectivity index (χ2n) is 19.2. The van der Waals surface area contributed by atoms with Crippen LogP contribution in [0.4, 0.5) is 5.13 Å². The number of carbonyl (C=O) groups is 4. The van der Waals surface area contributed by atoms with Gasteiger partial charge in [0, 0.05) is 11.1 Å². The number of anilines is 1. The first-order valence-corrected chi connectivity index (χ1v) is 25.9. The lowest BCUT2D eigenvalue weighted by molar-refractivity contribution is -0.179. The average Bonchev–Trinajstić information content (AvgIpc) is 3.88. The van der Waals surface area contributed by atoms with Gasteiger partial charge >= 0.3 is 11.9 Å². The van der Waals surface area contributed by atoms with E-state index < -0.39 is 69.2 Å². The van der Waals surface area contributed by atoms with Crippen LogP contribution in [-0.2, 0) is 45.6 Å². The number of esters is 2. The van der Waals surface area contributed by atoms with E-state index in [0.29, 0.717) is 21.8 Å². The van der Waals surface area contributed by atoms with Gasteiger partial charge in [-0.05, 0) is 68.0 Å². The van der Waals surface area contributed by atoms with Crippen LogP contribution in [-0.4, -0.2) is 82.6 Å². The van der Waals surface area contributed by atoms with Gasteiger partial charge in [-0.25, -0.2) is 14.6 Å². The summed E-state index contributed by atoms with van der Waals surface area (Å²) in [7, 11) is 0. The normalized spacial score (nSPS) is 15.9. The maximum atomic E-state index is 14.8. The first kappa shape index (κ1) is 51.5. The van der Waals surface area contributed by atoms with Gasteiger partial charge in [-0.15, -0.1) is 23.1 Å². The molecule has 0 bridgehead atoms. The molecule has 75 heavy (non-hydrogen) atoms. The molecule has 2 atom stereocenters. The van der Waals surface area contributed by atoms with Crippen molar-refractivity contribution in [3.63, 3.8) is 0 Å². The van der Waals surface area contributed by atoms with Gasteiger partial charge in [-0.3, -0.25) is 24.0 Å². The molecule has 382 valence electrons. The molecule has 5 aromatic carbocycles. The van der Waals surface area contributed by atoms with Crippen molar-refractivity contribution < 1.29 is 38.6 Å². The molecule has 2 amide bonds. The number of thiazole rings is 1. The summed E-state index contributed by atoms with van der Waals surface area (Å²) in [6, 6.07) is 46.9. The molecule has 1 fully saturated rings. The zero-order valence-corrected chi connectivity index (χ0v) is 43.2. The summed E-state index contributed by atoms with van der Waals surface area (Å²) < 4.78 is 13.2. The Morgan fingerprint density at radius 1 is 0.787 bits per heavy atom. The first-order valence-electron chi connectivity index (χ1n) is 24.0. The van der Waals surface area contributed by atoms with Crippen molar-refractivity contribution in [3.05, 3.63) is 224 Å². The molecule has 0 radical (unpaired) electrons. The predicted molar refractivity (Wildman–Crippen MR) is 286 cm³/mol. The molecule has 0 aliphatic carbocycles. The van der Waals surface area contributed by atoms with E-state index >= 15 is 0 Å². The minimum absolute atomic E-state index is 0.0687. The summed E-state index contributed by atoms with van der Waals surface area (Å²) >= 11 is 2.49. The number of aromatic hydroxyl groups is 1. The van der Waals surface area contributed by atoms with E-state index in [1.165, 1.54) is 46.5 Å². The Kier molecular flexibility index (Phi) is 14.9. The van der Waals surface area contributed by atoms with Crippen LogP contribution in [0, 0.1) is 0 Å². The van der Waals surface area contributed by atoms with Gasteiger partial charge in [-0.2, -0.15) is 5.10 Å². The van der Waals surface area contributed by atoms with Crippen molar-refractivity contribution in [2.24, 2.45) is 5.16 Å². The highest BCUT2D eigenvalue weighted by atomic mass is 32.2. The zero-order valence-electron chi connectivity index (χ0n) is 41.6. The number of ether oxygens (including phenoxy) is 2. The van der Waals surface area contributed by atoms with Gasteiger partial charge in [0.15, 0.2) is 22.7 Å². The molecular weight excluding hydrogens is 991 g/mol. The largest absolute Gasteiger partial charge is 0.503 e. The number of benzene rings is 5. The first-order chi connectivity index (χ1) is 36.0. The molecule has 4 heterocycles. The highest BCUT2D eigenvalue weighted by Gasteiger charge is 2.55. The van der Waals surface area contributed by atoms with Crippen LogP contribution in [0.15, 0.2) is 191 Å². The fourth-order valence-electron chi connectivity index (χ4n) is 8.65. The van der Waals surface area contributed by atoms with Crippen molar-refractivity contribution in [3.8, 4) is 5.75 Å². The summed E-state index contributed by atoms with van der Waals surface area (Å²) in [6.45, 7) is 7.98. The van der Waals surface area contributed by atoms with Gasteiger partial charge in [0.05, 0.1) is 18.9 Å². The molecule has 2 unspecified atom stereocenters. The van der Waals surface area contributed by atoms with E-state index in [1.54, 1.807) is 26.2 Å². The Morgan fingerprint density at radius 3 is 1.84 bits per heavy atom. The number of nitrogens with one attached hydrogen (secondary N) is 2. The lowest BCUT2D eigenvalue weighted by Crippen LogP contribution is -2.71. The van der Waals surface area contributed by atoms with Crippen molar-refractivity contribution >= 4 is 57.7 Å². The molecule has 9 rings (SSSR count). The summed E-state index contributed by atoms with van der Waals surface area (Å²) in [6.07, 6.45) is 1.23. The van der Waals surface area contributed by atoms with Crippen molar-refractivity contribution in [2.45, 2.75) is 75.4 Å². The van der Waals surface area contributed by atoms with Crippen molar-refractivity contribution in [1.29, 1.82) is 0 Å². The number of hydrogen-bond donors (Lipinski definition) is 3. The summed E-state index contributed by atoms with van der Waals surface area (Å²) in [5, 5.41) is 26.5. The molecule has 0 saturated carbocycles. The van der Waals surface area contributed by atoms with Crippen LogP contribution in [0.1, 0.15) is 74.2 Å². The SMILES string of the molecule is CC(C)(C)OC(=O)C(C)(C)O/N=C(\C(=O)NC1C(=O)N2C(C(=O)OC(c3ccccc3)c3ccccc3)=C(Cn3cc(O)c(=O)cn3)CSC12)c1csc(NC(c2ccccc2)(c2ccccc2)c2ccccc2)n1. The van der Waals surface area contributed by atoms with Crippen LogP contribution in [0.2, 0.25) is 0 Å². The van der Waals surface area contributed by atoms with Crippen LogP contribution in [0.5, 0.6) is 5.75 Å². The number of carbonyl (C=O) groups excluding carboxylic acids is 4. The van der Waals surface area contributed by atoms with Gasteiger partial charge in [-0.1, -0.05) is 157 Å². The molecule has 1 saturated heterocycles. The molecular formula is C57H53N7O9S2. The molecule has 16 nitrogen and oxygen atoms in total. The Balaban J connectivity index is 1.06. The quantitative estimate of drug-likeness (QED) is 0.0258. The molecule has 18 heteroatoms. The van der Waals surface area contributed by atoms with Crippen LogP contribution < -0.4 is 16.1 Å². The van der Waals surface area contributed by atoms with Crippen molar-refractivity contribution in [1.82, 2.24) is 25.0 Å². The smallest absolute Gasteiger partial charge is 0.356 e. The maximum Gasteiger partial charge on any atom is 0.356 e. The van der Waals surface area contributed by atoms with E-state index in [1.807, 2.05) is 152 Å². The lowest BCUT2D eigenvalue weighted by Gasteiger charge is -2.49. The molecule has 2 aromatic heterocycles. The zero-order chi connectivity index (χ0) is 52.9. The van der Waals surface area contributed by atoms with E-state index in [-0.39, 0.29) is 29.4 Å². The molecule has 7 aromatic rings. The minimum Gasteiger partial charge on any atom is -0.503 e. The lowest BCUT2D eigenvalue weighted by atomic mass is 9.77. The van der Waals surface area contributed by atoms with Gasteiger partial charge in [0.1, 0.15) is 33.9 Å². The fraction of sp³-hybridized carbons (Fsp3) is 0.228. The Bertz CT molecular complexity index is 3190. The highest BCUT2D eigenvalue weighted by Crippen LogP contribution is 2.43. The van der Waals surface area contributed by atoms with Gasteiger partial charge in [0.25, 0.3) is 11.8 Å². The third-order valence-electron chi connectivity index (χ3n) is 12.3. The number of rotatable bonds is 17. The second kappa shape index (κ2) is 21.6. The Morgan fingerprint density at radius 2 is 1.32 bits per heavy atom. The van der Waals surface area contributed by atoms with E-state index in [2.05, 4.69) is 20.9 Å². The third-order valence-corrected chi connectivity index (χ3v) is 14.4. The average molecular weight is 1040 g/mol. The third kappa shape index (κ3) is 11.1. The van der Waals surface area contributed by atoms with E-state index in [4.69, 9.17) is 19.3 Å². The monoisotopic (exact) mass is 1040 g/mol.